The molecule has 2 N–H and O–H groups in total. The van der Waals surface area contributed by atoms with Crippen LogP contribution in [0.4, 0.5) is 0 Å². The lowest BCUT2D eigenvalue weighted by molar-refractivity contribution is -0.114. The molecule has 4 nitrogen and oxygen atoms in total. The van der Waals surface area contributed by atoms with E-state index in [9.17, 15) is 4.79 Å². The second kappa shape index (κ2) is 2.90. The zero-order valence-corrected chi connectivity index (χ0v) is 6.97. The van der Waals surface area contributed by atoms with Gasteiger partial charge in [0, 0.05) is 24.5 Å². The Balaban J connectivity index is 2.34. The number of aliphatic imine (C=N–C) groups is 1. The molecule has 0 spiro atoms. The molecule has 0 aromatic heterocycles. The quantitative estimate of drug-likeness (QED) is 0.616. The van der Waals surface area contributed by atoms with Gasteiger partial charge in [-0.1, -0.05) is 0 Å². The first kappa shape index (κ1) is 7.79. The number of nitrogens with two attached hydrogens (primary N) is 1. The van der Waals surface area contributed by atoms with E-state index < -0.39 is 5.91 Å². The first-order valence-electron chi connectivity index (χ1n) is 3.96. The van der Waals surface area contributed by atoms with E-state index in [1.807, 2.05) is 17.2 Å². The number of carbonyl (C=O) groups excluding carboxylic acids is 1. The number of nitrogens with zero attached hydrogens (tertiary/aromatic N) is 2. The summed E-state index contributed by atoms with van der Waals surface area (Å²) in [6.45, 7) is 0.790. The molecule has 0 atom stereocenters. The number of hydrogen-bond donors (Lipinski definition) is 1. The topological polar surface area (TPSA) is 58.7 Å². The summed E-state index contributed by atoms with van der Waals surface area (Å²) in [5, 5.41) is 0. The van der Waals surface area contributed by atoms with Crippen molar-refractivity contribution in [2.45, 2.75) is 0 Å². The molecule has 0 saturated carbocycles. The summed E-state index contributed by atoms with van der Waals surface area (Å²) in [5.41, 5.74) is 5.63. The third-order valence-electron chi connectivity index (χ3n) is 1.91. The fraction of sp³-hybridized carbons (Fsp3) is 0.111. The van der Waals surface area contributed by atoms with Gasteiger partial charge in [0.05, 0.1) is 0 Å². The molecule has 0 unspecified atom stereocenters. The third-order valence-corrected chi connectivity index (χ3v) is 1.91. The van der Waals surface area contributed by atoms with E-state index in [1.165, 1.54) is 0 Å². The van der Waals surface area contributed by atoms with E-state index in [-0.39, 0.29) is 0 Å². The SMILES string of the molecule is NC(=O)C1=CC2=NC=CCN2C=C1. The Hall–Kier alpha value is -1.84. The first-order valence-corrected chi connectivity index (χ1v) is 3.96. The average Bonchev–Trinajstić information content (AvgIpc) is 2.17. The molecular weight excluding hydrogens is 166 g/mol. The van der Waals surface area contributed by atoms with Crippen LogP contribution in [0.2, 0.25) is 0 Å². The van der Waals surface area contributed by atoms with E-state index in [0.29, 0.717) is 5.57 Å². The predicted octanol–water partition coefficient (Wildman–Crippen LogP) is 0.153. The van der Waals surface area contributed by atoms with Crippen molar-refractivity contribution in [3.63, 3.8) is 0 Å². The molecule has 0 aliphatic carbocycles. The second-order valence-corrected chi connectivity index (χ2v) is 2.80. The Kier molecular flexibility index (Phi) is 1.73. The lowest BCUT2D eigenvalue weighted by atomic mass is 10.1. The van der Waals surface area contributed by atoms with Crippen molar-refractivity contribution in [1.82, 2.24) is 4.90 Å². The van der Waals surface area contributed by atoms with Crippen LogP contribution in [-0.2, 0) is 4.79 Å². The second-order valence-electron chi connectivity index (χ2n) is 2.80. The average molecular weight is 175 g/mol. The molecule has 2 heterocycles. The number of fused-ring (bicyclic) bond motifs is 1. The number of rotatable bonds is 1. The van der Waals surface area contributed by atoms with Crippen molar-refractivity contribution in [3.8, 4) is 0 Å². The largest absolute Gasteiger partial charge is 0.366 e. The summed E-state index contributed by atoms with van der Waals surface area (Å²) in [6, 6.07) is 0. The highest BCUT2D eigenvalue weighted by molar-refractivity contribution is 6.06. The van der Waals surface area contributed by atoms with Gasteiger partial charge < -0.3 is 10.6 Å². The number of carbonyl (C=O) groups is 1. The zero-order chi connectivity index (χ0) is 9.26. The third kappa shape index (κ3) is 1.38. The van der Waals surface area contributed by atoms with Gasteiger partial charge in [-0.2, -0.15) is 0 Å². The van der Waals surface area contributed by atoms with Gasteiger partial charge in [0.15, 0.2) is 0 Å². The summed E-state index contributed by atoms with van der Waals surface area (Å²) < 4.78 is 0. The molecule has 0 bridgehead atoms. The van der Waals surface area contributed by atoms with E-state index in [2.05, 4.69) is 4.99 Å². The van der Waals surface area contributed by atoms with Crippen LogP contribution in [-0.4, -0.2) is 23.2 Å². The van der Waals surface area contributed by atoms with Crippen LogP contribution in [0.25, 0.3) is 0 Å². The fourth-order valence-electron chi connectivity index (χ4n) is 1.23. The fourth-order valence-corrected chi connectivity index (χ4v) is 1.23. The van der Waals surface area contributed by atoms with Crippen LogP contribution in [0, 0.1) is 0 Å². The highest BCUT2D eigenvalue weighted by Crippen LogP contribution is 2.11. The predicted molar refractivity (Wildman–Crippen MR) is 49.7 cm³/mol. The van der Waals surface area contributed by atoms with Gasteiger partial charge in [0.2, 0.25) is 5.91 Å². The smallest absolute Gasteiger partial charge is 0.248 e. The number of hydrogen-bond acceptors (Lipinski definition) is 3. The summed E-state index contributed by atoms with van der Waals surface area (Å²) in [7, 11) is 0. The molecule has 2 rings (SSSR count). The molecular formula is C9H9N3O. The van der Waals surface area contributed by atoms with Gasteiger partial charge in [-0.25, -0.2) is 4.99 Å². The lowest BCUT2D eigenvalue weighted by Crippen LogP contribution is -2.30. The van der Waals surface area contributed by atoms with Crippen molar-refractivity contribution in [1.29, 1.82) is 0 Å². The number of primary amides is 1. The monoisotopic (exact) mass is 175 g/mol. The normalized spacial score (nSPS) is 19.2. The van der Waals surface area contributed by atoms with Gasteiger partial charge in [0.1, 0.15) is 5.84 Å². The maximum atomic E-state index is 10.8. The summed E-state index contributed by atoms with van der Waals surface area (Å²) >= 11 is 0. The van der Waals surface area contributed by atoms with Crippen LogP contribution in [0.3, 0.4) is 0 Å². The van der Waals surface area contributed by atoms with E-state index in [4.69, 9.17) is 5.73 Å². The molecule has 0 aromatic carbocycles. The molecule has 0 saturated heterocycles. The van der Waals surface area contributed by atoms with Crippen molar-refractivity contribution in [2.24, 2.45) is 10.7 Å². The van der Waals surface area contributed by atoms with E-state index in [1.54, 1.807) is 18.4 Å². The summed E-state index contributed by atoms with van der Waals surface area (Å²) in [6.07, 6.45) is 8.85. The van der Waals surface area contributed by atoms with Gasteiger partial charge in [-0.3, -0.25) is 4.79 Å². The van der Waals surface area contributed by atoms with Crippen molar-refractivity contribution >= 4 is 11.7 Å². The maximum absolute atomic E-state index is 10.8. The molecule has 13 heavy (non-hydrogen) atoms. The Morgan fingerprint density at radius 3 is 3.23 bits per heavy atom. The van der Waals surface area contributed by atoms with E-state index in [0.717, 1.165) is 12.4 Å². The van der Waals surface area contributed by atoms with Crippen LogP contribution in [0.1, 0.15) is 0 Å². The molecule has 1 amide bonds. The van der Waals surface area contributed by atoms with Crippen molar-refractivity contribution < 1.29 is 4.79 Å². The Bertz CT molecular complexity index is 363. The Morgan fingerprint density at radius 1 is 1.62 bits per heavy atom. The molecule has 0 fully saturated rings. The van der Waals surface area contributed by atoms with Crippen molar-refractivity contribution in [2.75, 3.05) is 6.54 Å². The van der Waals surface area contributed by atoms with Crippen LogP contribution in [0.5, 0.6) is 0 Å². The van der Waals surface area contributed by atoms with Gasteiger partial charge in [-0.15, -0.1) is 0 Å². The molecule has 2 aliphatic heterocycles. The van der Waals surface area contributed by atoms with Crippen LogP contribution in [0.15, 0.2) is 41.2 Å². The molecule has 0 aromatic rings. The van der Waals surface area contributed by atoms with Crippen LogP contribution < -0.4 is 5.73 Å². The minimum absolute atomic E-state index is 0.423. The Morgan fingerprint density at radius 2 is 2.46 bits per heavy atom. The first-order chi connectivity index (χ1) is 6.27. The van der Waals surface area contributed by atoms with Crippen LogP contribution >= 0.6 is 0 Å². The number of amidine groups is 1. The lowest BCUT2D eigenvalue weighted by Gasteiger charge is -2.23. The van der Waals surface area contributed by atoms with Gasteiger partial charge in [-0.05, 0) is 18.2 Å². The van der Waals surface area contributed by atoms with Gasteiger partial charge in [0.25, 0.3) is 0 Å². The summed E-state index contributed by atoms with van der Waals surface area (Å²) in [4.78, 5) is 16.9. The number of amides is 1. The zero-order valence-electron chi connectivity index (χ0n) is 6.97. The molecule has 4 heteroatoms. The highest BCUT2D eigenvalue weighted by Gasteiger charge is 2.14. The maximum Gasteiger partial charge on any atom is 0.248 e. The Labute approximate surface area is 75.7 Å². The minimum atomic E-state index is -0.423. The summed E-state index contributed by atoms with van der Waals surface area (Å²) in [5.74, 6) is 0.340. The standard InChI is InChI=1S/C9H9N3O/c10-9(13)7-2-5-12-4-1-3-11-8(12)6-7/h1-3,5-6H,4H2,(H2,10,13). The van der Waals surface area contributed by atoms with E-state index >= 15 is 0 Å². The molecule has 2 aliphatic rings. The highest BCUT2D eigenvalue weighted by atomic mass is 16.1. The van der Waals surface area contributed by atoms with Gasteiger partial charge >= 0.3 is 0 Å². The molecule has 0 radical (unpaired) electrons. The molecule has 66 valence electrons. The minimum Gasteiger partial charge on any atom is -0.366 e. The van der Waals surface area contributed by atoms with Crippen molar-refractivity contribution in [3.05, 3.63) is 36.2 Å².